The molecule has 0 aliphatic heterocycles. The molecule has 1 aliphatic rings. The summed E-state index contributed by atoms with van der Waals surface area (Å²) in [7, 11) is 0. The molecule has 0 amide bonds. The van der Waals surface area contributed by atoms with Crippen molar-refractivity contribution in [3.63, 3.8) is 0 Å². The number of aromatic nitrogens is 1. The highest BCUT2D eigenvalue weighted by Gasteiger charge is 2.17. The number of oxime groups is 1. The van der Waals surface area contributed by atoms with Gasteiger partial charge in [-0.05, 0) is 25.0 Å². The molecule has 0 saturated carbocycles. The molecule has 56 valence electrons. The zero-order valence-electron chi connectivity index (χ0n) is 5.99. The molecule has 0 fully saturated rings. The van der Waals surface area contributed by atoms with Crippen LogP contribution in [-0.2, 0) is 6.42 Å². The van der Waals surface area contributed by atoms with Crippen molar-refractivity contribution >= 4 is 5.71 Å². The lowest BCUT2D eigenvalue weighted by Crippen LogP contribution is -1.93. The average molecular weight is 148 g/mol. The second kappa shape index (κ2) is 2.34. The molecular weight excluding hydrogens is 140 g/mol. The van der Waals surface area contributed by atoms with Crippen molar-refractivity contribution < 1.29 is 5.21 Å². The molecule has 1 aromatic heterocycles. The van der Waals surface area contributed by atoms with Crippen molar-refractivity contribution in [3.8, 4) is 0 Å². The van der Waals surface area contributed by atoms with E-state index in [0.29, 0.717) is 0 Å². The second-order valence-corrected chi connectivity index (χ2v) is 2.54. The van der Waals surface area contributed by atoms with Crippen LogP contribution in [0.25, 0.3) is 0 Å². The third kappa shape index (κ3) is 0.888. The van der Waals surface area contributed by atoms with Crippen LogP contribution in [0.3, 0.4) is 0 Å². The highest BCUT2D eigenvalue weighted by atomic mass is 16.4. The highest BCUT2D eigenvalue weighted by Crippen LogP contribution is 2.19. The Morgan fingerprint density at radius 1 is 1.45 bits per heavy atom. The number of hydrogen-bond acceptors (Lipinski definition) is 3. The molecule has 2 rings (SSSR count). The minimum absolute atomic E-state index is 0.758. The van der Waals surface area contributed by atoms with E-state index in [1.54, 1.807) is 6.20 Å². The Morgan fingerprint density at radius 2 is 2.36 bits per heavy atom. The van der Waals surface area contributed by atoms with Crippen LogP contribution in [0.2, 0.25) is 0 Å². The fraction of sp³-hybridized carbons (Fsp3) is 0.250. The first-order valence-corrected chi connectivity index (χ1v) is 3.57. The number of aryl methyl sites for hydroxylation is 1. The predicted molar refractivity (Wildman–Crippen MR) is 40.9 cm³/mol. The molecule has 0 atom stereocenters. The van der Waals surface area contributed by atoms with E-state index in [1.165, 1.54) is 0 Å². The Hall–Kier alpha value is -1.38. The predicted octanol–water partition coefficient (Wildman–Crippen LogP) is 1.21. The number of hydrogen-bond donors (Lipinski definition) is 1. The third-order valence-electron chi connectivity index (χ3n) is 1.92. The van der Waals surface area contributed by atoms with E-state index in [0.717, 1.165) is 29.8 Å². The second-order valence-electron chi connectivity index (χ2n) is 2.54. The van der Waals surface area contributed by atoms with Crippen molar-refractivity contribution in [2.24, 2.45) is 5.16 Å². The molecule has 11 heavy (non-hydrogen) atoms. The van der Waals surface area contributed by atoms with Gasteiger partial charge in [-0.3, -0.25) is 4.98 Å². The van der Waals surface area contributed by atoms with E-state index in [9.17, 15) is 0 Å². The fourth-order valence-electron chi connectivity index (χ4n) is 1.38. The molecule has 1 aliphatic carbocycles. The van der Waals surface area contributed by atoms with Crippen LogP contribution in [0.4, 0.5) is 0 Å². The standard InChI is InChI=1S/C8H8N2O/c11-10-8-4-3-7-6(8)2-1-5-9-7/h1-2,5,11H,3-4H2. The number of pyridine rings is 1. The van der Waals surface area contributed by atoms with E-state index >= 15 is 0 Å². The molecule has 0 spiro atoms. The van der Waals surface area contributed by atoms with Crippen LogP contribution in [0.1, 0.15) is 17.7 Å². The summed E-state index contributed by atoms with van der Waals surface area (Å²) in [5.41, 5.74) is 2.79. The van der Waals surface area contributed by atoms with Gasteiger partial charge in [-0.15, -0.1) is 0 Å². The first-order valence-electron chi connectivity index (χ1n) is 3.57. The van der Waals surface area contributed by atoms with E-state index in [2.05, 4.69) is 10.1 Å². The van der Waals surface area contributed by atoms with Crippen molar-refractivity contribution in [3.05, 3.63) is 29.6 Å². The molecule has 1 heterocycles. The Morgan fingerprint density at radius 3 is 3.18 bits per heavy atom. The summed E-state index contributed by atoms with van der Waals surface area (Å²) in [6.07, 6.45) is 3.47. The van der Waals surface area contributed by atoms with Crippen molar-refractivity contribution in [2.75, 3.05) is 0 Å². The van der Waals surface area contributed by atoms with Gasteiger partial charge in [-0.2, -0.15) is 0 Å². The fourth-order valence-corrected chi connectivity index (χ4v) is 1.38. The van der Waals surface area contributed by atoms with Gasteiger partial charge in [0.1, 0.15) is 0 Å². The summed E-state index contributed by atoms with van der Waals surface area (Å²) in [6, 6.07) is 3.79. The Bertz CT molecular complexity index is 307. The van der Waals surface area contributed by atoms with Crippen LogP contribution >= 0.6 is 0 Å². The minimum Gasteiger partial charge on any atom is -0.411 e. The molecule has 0 radical (unpaired) electrons. The van der Waals surface area contributed by atoms with E-state index in [1.807, 2.05) is 12.1 Å². The molecule has 0 unspecified atom stereocenters. The zero-order chi connectivity index (χ0) is 7.68. The lowest BCUT2D eigenvalue weighted by atomic mass is 10.2. The normalized spacial score (nSPS) is 18.7. The largest absolute Gasteiger partial charge is 0.411 e. The quantitative estimate of drug-likeness (QED) is 0.444. The average Bonchev–Trinajstić information content (AvgIpc) is 2.47. The summed E-state index contributed by atoms with van der Waals surface area (Å²) >= 11 is 0. The van der Waals surface area contributed by atoms with Gasteiger partial charge >= 0.3 is 0 Å². The number of rotatable bonds is 0. The van der Waals surface area contributed by atoms with Gasteiger partial charge in [-0.25, -0.2) is 0 Å². The zero-order valence-corrected chi connectivity index (χ0v) is 5.99. The molecule has 3 nitrogen and oxygen atoms in total. The molecule has 1 N–H and O–H groups in total. The summed E-state index contributed by atoms with van der Waals surface area (Å²) < 4.78 is 0. The maximum atomic E-state index is 8.57. The monoisotopic (exact) mass is 148 g/mol. The number of nitrogens with zero attached hydrogens (tertiary/aromatic N) is 2. The maximum Gasteiger partial charge on any atom is 0.0889 e. The van der Waals surface area contributed by atoms with Crippen molar-refractivity contribution in [2.45, 2.75) is 12.8 Å². The first kappa shape index (κ1) is 6.34. The molecule has 1 aromatic rings. The third-order valence-corrected chi connectivity index (χ3v) is 1.92. The van der Waals surface area contributed by atoms with E-state index < -0.39 is 0 Å². The Labute approximate surface area is 64.4 Å². The molecule has 0 aromatic carbocycles. The molecule has 0 saturated heterocycles. The van der Waals surface area contributed by atoms with Crippen molar-refractivity contribution in [1.29, 1.82) is 0 Å². The summed E-state index contributed by atoms with van der Waals surface area (Å²) in [5.74, 6) is 0. The van der Waals surface area contributed by atoms with Crippen LogP contribution in [0.5, 0.6) is 0 Å². The van der Waals surface area contributed by atoms with Crippen LogP contribution in [0.15, 0.2) is 23.5 Å². The van der Waals surface area contributed by atoms with E-state index in [-0.39, 0.29) is 0 Å². The van der Waals surface area contributed by atoms with Crippen LogP contribution < -0.4 is 0 Å². The highest BCUT2D eigenvalue weighted by molar-refractivity contribution is 6.03. The summed E-state index contributed by atoms with van der Waals surface area (Å²) in [6.45, 7) is 0. The van der Waals surface area contributed by atoms with Crippen LogP contribution in [0, 0.1) is 0 Å². The molecule has 0 bridgehead atoms. The maximum absolute atomic E-state index is 8.57. The number of fused-ring (bicyclic) bond motifs is 1. The SMILES string of the molecule is ON=C1CCc2ncccc21. The minimum atomic E-state index is 0.758. The van der Waals surface area contributed by atoms with Gasteiger partial charge in [-0.1, -0.05) is 5.16 Å². The molecular formula is C8H8N2O. The lowest BCUT2D eigenvalue weighted by Gasteiger charge is -1.94. The Kier molecular flexibility index (Phi) is 1.35. The lowest BCUT2D eigenvalue weighted by molar-refractivity contribution is 0.318. The van der Waals surface area contributed by atoms with Gasteiger partial charge < -0.3 is 5.21 Å². The van der Waals surface area contributed by atoms with Gasteiger partial charge in [0, 0.05) is 17.5 Å². The van der Waals surface area contributed by atoms with Gasteiger partial charge in [0.15, 0.2) is 0 Å². The summed E-state index contributed by atoms with van der Waals surface area (Å²) in [5, 5.41) is 11.8. The smallest absolute Gasteiger partial charge is 0.0889 e. The van der Waals surface area contributed by atoms with Gasteiger partial charge in [0.2, 0.25) is 0 Å². The summed E-state index contributed by atoms with van der Waals surface area (Å²) in [4.78, 5) is 4.17. The topological polar surface area (TPSA) is 45.5 Å². The first-order chi connectivity index (χ1) is 5.42. The Balaban J connectivity index is 2.55. The molecule has 3 heteroatoms. The van der Waals surface area contributed by atoms with Crippen LogP contribution in [-0.4, -0.2) is 15.9 Å². The van der Waals surface area contributed by atoms with Gasteiger partial charge in [0.25, 0.3) is 0 Å². The van der Waals surface area contributed by atoms with E-state index in [4.69, 9.17) is 5.21 Å². The van der Waals surface area contributed by atoms with Gasteiger partial charge in [0.05, 0.1) is 5.71 Å². The van der Waals surface area contributed by atoms with Crippen molar-refractivity contribution in [1.82, 2.24) is 4.98 Å².